The van der Waals surface area contributed by atoms with Crippen LogP contribution in [0.2, 0.25) is 0 Å². The Balaban J connectivity index is 1.49. The lowest BCUT2D eigenvalue weighted by atomic mass is 10.0. The van der Waals surface area contributed by atoms with Gasteiger partial charge in [0.15, 0.2) is 0 Å². The highest BCUT2D eigenvalue weighted by Crippen LogP contribution is 2.32. The van der Waals surface area contributed by atoms with Crippen LogP contribution in [0.5, 0.6) is 0 Å². The fourth-order valence-corrected chi connectivity index (χ4v) is 4.08. The highest BCUT2D eigenvalue weighted by Gasteiger charge is 2.18. The molecule has 0 unspecified atom stereocenters. The number of rotatable bonds is 7. The molecule has 2 aromatic carbocycles. The third-order valence-electron chi connectivity index (χ3n) is 6.04. The molecule has 4 N–H and O–H groups in total. The van der Waals surface area contributed by atoms with Gasteiger partial charge in [0.25, 0.3) is 0 Å². The van der Waals surface area contributed by atoms with Crippen LogP contribution in [0, 0.1) is 5.82 Å². The molecule has 5 rings (SSSR count). The van der Waals surface area contributed by atoms with Gasteiger partial charge in [-0.2, -0.15) is 0 Å². The van der Waals surface area contributed by atoms with Crippen molar-refractivity contribution < 1.29 is 9.50 Å². The van der Waals surface area contributed by atoms with Gasteiger partial charge in [-0.25, -0.2) is 19.3 Å². The summed E-state index contributed by atoms with van der Waals surface area (Å²) in [6.07, 6.45) is 2.26. The molecule has 0 radical (unpaired) electrons. The molecule has 0 aliphatic heterocycles. The number of halogens is 1. The zero-order valence-corrected chi connectivity index (χ0v) is 20.6. The predicted molar refractivity (Wildman–Crippen MR) is 144 cm³/mol. The summed E-state index contributed by atoms with van der Waals surface area (Å²) in [5, 5.41) is 14.5. The fourth-order valence-electron chi connectivity index (χ4n) is 4.08. The largest absolute Gasteiger partial charge is 0.384 e. The van der Waals surface area contributed by atoms with Gasteiger partial charge < -0.3 is 16.2 Å². The lowest BCUT2D eigenvalue weighted by Gasteiger charge is -2.17. The lowest BCUT2D eigenvalue weighted by molar-refractivity contribution is 0.0740. The third kappa shape index (κ3) is 5.39. The van der Waals surface area contributed by atoms with Crippen LogP contribution in [-0.2, 0) is 12.0 Å². The van der Waals surface area contributed by atoms with E-state index in [2.05, 4.69) is 15.3 Å². The van der Waals surface area contributed by atoms with E-state index in [-0.39, 0.29) is 5.82 Å². The summed E-state index contributed by atoms with van der Waals surface area (Å²) in [6, 6.07) is 21.4. The van der Waals surface area contributed by atoms with E-state index in [1.165, 1.54) is 12.1 Å². The predicted octanol–water partition coefficient (Wildman–Crippen LogP) is 5.36. The van der Waals surface area contributed by atoms with Crippen LogP contribution in [0.4, 0.5) is 16.0 Å². The van der Waals surface area contributed by atoms with E-state index in [0.29, 0.717) is 47.4 Å². The number of nitrogens with two attached hydrogens (primary N) is 1. The molecule has 8 heteroatoms. The van der Waals surface area contributed by atoms with Crippen LogP contribution in [-0.4, -0.2) is 31.6 Å². The van der Waals surface area contributed by atoms with Crippen molar-refractivity contribution in [2.24, 2.45) is 0 Å². The quantitative estimate of drug-likeness (QED) is 0.279. The molecular weight excluding hydrogens is 467 g/mol. The Morgan fingerprint density at radius 3 is 2.43 bits per heavy atom. The van der Waals surface area contributed by atoms with Gasteiger partial charge in [-0.05, 0) is 68.4 Å². The van der Waals surface area contributed by atoms with Crippen molar-refractivity contribution in [3.63, 3.8) is 0 Å². The van der Waals surface area contributed by atoms with Crippen molar-refractivity contribution in [3.8, 4) is 22.5 Å². The first kappa shape index (κ1) is 24.3. The molecule has 0 amide bonds. The molecule has 7 nitrogen and oxygen atoms in total. The number of hydrogen-bond donors (Lipinski definition) is 3. The Hall–Kier alpha value is -4.43. The minimum atomic E-state index is -1.03. The third-order valence-corrected chi connectivity index (χ3v) is 6.04. The molecule has 186 valence electrons. The second-order valence-electron chi connectivity index (χ2n) is 9.31. The minimum absolute atomic E-state index is 0.311. The van der Waals surface area contributed by atoms with Gasteiger partial charge in [-0.3, -0.25) is 4.98 Å². The van der Waals surface area contributed by atoms with Gasteiger partial charge in [-0.15, -0.1) is 0 Å². The zero-order chi connectivity index (χ0) is 26.0. The van der Waals surface area contributed by atoms with Crippen LogP contribution in [0.3, 0.4) is 0 Å². The molecule has 3 aromatic heterocycles. The van der Waals surface area contributed by atoms with Gasteiger partial charge in [0, 0.05) is 35.7 Å². The van der Waals surface area contributed by atoms with Crippen molar-refractivity contribution in [1.82, 2.24) is 19.9 Å². The standard InChI is InChI=1S/C29H27FN6O/c1-29(2,37)24-6-3-7-25(35-24)33-16-14-23-28(31)36-26(18-8-11-21(30)12-9-18)27(34-23)20-10-13-22-19(17-20)5-4-15-32-22/h3-13,15,17,37H,14,16H2,1-2H3,(H2,31,36)(H,33,35). The van der Waals surface area contributed by atoms with Gasteiger partial charge in [0.05, 0.1) is 28.3 Å². The number of fused-ring (bicyclic) bond motifs is 1. The fraction of sp³-hybridized carbons (Fsp3) is 0.172. The summed E-state index contributed by atoms with van der Waals surface area (Å²) < 4.78 is 13.6. The molecule has 3 heterocycles. The molecule has 37 heavy (non-hydrogen) atoms. The number of anilines is 2. The summed E-state index contributed by atoms with van der Waals surface area (Å²) in [5.74, 6) is 0.634. The molecule has 0 aliphatic rings. The first-order valence-electron chi connectivity index (χ1n) is 12.0. The molecule has 0 saturated heterocycles. The van der Waals surface area contributed by atoms with Crippen LogP contribution in [0.15, 0.2) is 79.0 Å². The summed E-state index contributed by atoms with van der Waals surface area (Å²) >= 11 is 0. The molecule has 5 aromatic rings. The van der Waals surface area contributed by atoms with E-state index in [9.17, 15) is 9.50 Å². The zero-order valence-electron chi connectivity index (χ0n) is 20.6. The van der Waals surface area contributed by atoms with E-state index in [4.69, 9.17) is 15.7 Å². The number of hydrogen-bond acceptors (Lipinski definition) is 7. The lowest BCUT2D eigenvalue weighted by Crippen LogP contribution is -2.18. The normalized spacial score (nSPS) is 11.6. The Bertz CT molecular complexity index is 1560. The Morgan fingerprint density at radius 2 is 1.65 bits per heavy atom. The maximum atomic E-state index is 13.6. The molecule has 0 bridgehead atoms. The van der Waals surface area contributed by atoms with E-state index >= 15 is 0 Å². The van der Waals surface area contributed by atoms with E-state index < -0.39 is 5.60 Å². The number of aliphatic hydroxyl groups is 1. The molecule has 0 atom stereocenters. The van der Waals surface area contributed by atoms with Crippen LogP contribution in [0.1, 0.15) is 25.2 Å². The number of nitrogens with one attached hydrogen (secondary N) is 1. The van der Waals surface area contributed by atoms with Gasteiger partial charge in [0.1, 0.15) is 23.1 Å². The molecule has 0 fully saturated rings. The first-order valence-corrected chi connectivity index (χ1v) is 12.0. The van der Waals surface area contributed by atoms with Crippen molar-refractivity contribution in [2.45, 2.75) is 25.9 Å². The number of aromatic nitrogens is 4. The maximum absolute atomic E-state index is 13.6. The van der Waals surface area contributed by atoms with Crippen LogP contribution >= 0.6 is 0 Å². The summed E-state index contributed by atoms with van der Waals surface area (Å²) in [5.41, 5.74) is 10.2. The number of benzene rings is 2. The first-order chi connectivity index (χ1) is 17.8. The SMILES string of the molecule is CC(C)(O)c1cccc(NCCc2nc(-c3ccc4ncccc4c3)c(-c3ccc(F)cc3)nc2N)n1. The van der Waals surface area contributed by atoms with Crippen molar-refractivity contribution in [2.75, 3.05) is 17.6 Å². The van der Waals surface area contributed by atoms with Gasteiger partial charge >= 0.3 is 0 Å². The summed E-state index contributed by atoms with van der Waals surface area (Å²) in [6.45, 7) is 3.91. The Kier molecular flexibility index (Phi) is 6.50. The van der Waals surface area contributed by atoms with Gasteiger partial charge in [0.2, 0.25) is 0 Å². The molecule has 0 spiro atoms. The molecule has 0 aliphatic carbocycles. The van der Waals surface area contributed by atoms with Crippen LogP contribution in [0.25, 0.3) is 33.4 Å². The van der Waals surface area contributed by atoms with Gasteiger partial charge in [-0.1, -0.05) is 18.2 Å². The highest BCUT2D eigenvalue weighted by atomic mass is 19.1. The molecular formula is C29H27FN6O. The average Bonchev–Trinajstić information content (AvgIpc) is 2.89. The van der Waals surface area contributed by atoms with E-state index in [0.717, 1.165) is 22.0 Å². The second-order valence-corrected chi connectivity index (χ2v) is 9.31. The number of nitrogens with zero attached hydrogens (tertiary/aromatic N) is 4. The number of nitrogen functional groups attached to an aromatic ring is 1. The van der Waals surface area contributed by atoms with Crippen molar-refractivity contribution in [1.29, 1.82) is 0 Å². The van der Waals surface area contributed by atoms with Crippen LogP contribution < -0.4 is 11.1 Å². The summed E-state index contributed by atoms with van der Waals surface area (Å²) in [7, 11) is 0. The number of pyridine rings is 2. The van der Waals surface area contributed by atoms with Crippen molar-refractivity contribution >= 4 is 22.5 Å². The maximum Gasteiger partial charge on any atom is 0.146 e. The monoisotopic (exact) mass is 494 g/mol. The topological polar surface area (TPSA) is 110 Å². The molecule has 0 saturated carbocycles. The second kappa shape index (κ2) is 9.91. The average molecular weight is 495 g/mol. The minimum Gasteiger partial charge on any atom is -0.384 e. The smallest absolute Gasteiger partial charge is 0.146 e. The Morgan fingerprint density at radius 1 is 0.892 bits per heavy atom. The highest BCUT2D eigenvalue weighted by molar-refractivity contribution is 5.87. The van der Waals surface area contributed by atoms with E-state index in [1.807, 2.05) is 42.5 Å². The Labute approximate surface area is 214 Å². The summed E-state index contributed by atoms with van der Waals surface area (Å²) in [4.78, 5) is 18.5. The van der Waals surface area contributed by atoms with E-state index in [1.54, 1.807) is 38.2 Å². The van der Waals surface area contributed by atoms with Crippen molar-refractivity contribution in [3.05, 3.63) is 96.2 Å².